The summed E-state index contributed by atoms with van der Waals surface area (Å²) < 4.78 is 43.9. The van der Waals surface area contributed by atoms with Crippen LogP contribution in [-0.2, 0) is 14.2 Å². The Balaban J connectivity index is 2.33. The molecule has 1 saturated heterocycles. The number of nitrogens with zero attached hydrogens (tertiary/aromatic N) is 2. The molecule has 1 aromatic heterocycles. The Morgan fingerprint density at radius 2 is 2.22 bits per heavy atom. The van der Waals surface area contributed by atoms with Crippen molar-refractivity contribution in [1.82, 2.24) is 9.55 Å². The molecule has 2 heterocycles. The van der Waals surface area contributed by atoms with Gasteiger partial charge in [-0.2, -0.15) is 13.8 Å². The molecule has 0 amide bonds. The molecule has 130 valence electrons. The maximum atomic E-state index is 13.8. The highest BCUT2D eigenvalue weighted by atomic mass is 19.3. The molecule has 0 saturated carbocycles. The first-order valence-corrected chi connectivity index (χ1v) is 7.33. The molecule has 9 heteroatoms. The average molecular weight is 333 g/mol. The first-order valence-electron chi connectivity index (χ1n) is 7.33. The van der Waals surface area contributed by atoms with Gasteiger partial charge in [0.2, 0.25) is 0 Å². The van der Waals surface area contributed by atoms with Crippen LogP contribution < -0.4 is 11.4 Å². The van der Waals surface area contributed by atoms with Gasteiger partial charge in [-0.1, -0.05) is 13.8 Å². The average Bonchev–Trinajstić information content (AvgIpc) is 2.75. The first kappa shape index (κ1) is 17.8. The molecule has 0 aromatic carbocycles. The summed E-state index contributed by atoms with van der Waals surface area (Å²) in [5.74, 6) is -0.288. The van der Waals surface area contributed by atoms with Gasteiger partial charge in [0, 0.05) is 19.2 Å². The third-order valence-electron chi connectivity index (χ3n) is 3.85. The molecule has 4 atom stereocenters. The van der Waals surface area contributed by atoms with Crippen LogP contribution in [0.4, 0.5) is 14.6 Å². The van der Waals surface area contributed by atoms with Crippen molar-refractivity contribution in [1.29, 1.82) is 0 Å². The minimum atomic E-state index is -3.48. The molecule has 23 heavy (non-hydrogen) atoms. The van der Waals surface area contributed by atoms with Gasteiger partial charge in [-0.3, -0.25) is 4.57 Å². The van der Waals surface area contributed by atoms with E-state index in [1.54, 1.807) is 6.92 Å². The number of anilines is 1. The Morgan fingerprint density at radius 3 is 2.78 bits per heavy atom. The maximum absolute atomic E-state index is 13.8. The standard InChI is InChI=1S/C14H21F2N3O4/c1-4-9-8(2)11(23-14(15,16)7-21-3)12(22-9)19-6-5-10(17)18-13(19)20/h5-6,8-9,11-12H,4,7H2,1-3H3,(H2,17,18,20)/t8-,9-,11-,12-/m1/s1. The van der Waals surface area contributed by atoms with E-state index < -0.39 is 30.7 Å². The molecule has 0 radical (unpaired) electrons. The fourth-order valence-electron chi connectivity index (χ4n) is 2.73. The van der Waals surface area contributed by atoms with Crippen molar-refractivity contribution in [2.75, 3.05) is 19.5 Å². The molecule has 1 aromatic rings. The van der Waals surface area contributed by atoms with E-state index in [9.17, 15) is 13.6 Å². The molecule has 0 unspecified atom stereocenters. The number of hydrogen-bond donors (Lipinski definition) is 1. The molecule has 0 bridgehead atoms. The predicted molar refractivity (Wildman–Crippen MR) is 78.0 cm³/mol. The van der Waals surface area contributed by atoms with E-state index in [-0.39, 0.29) is 17.8 Å². The van der Waals surface area contributed by atoms with Crippen molar-refractivity contribution < 1.29 is 23.0 Å². The summed E-state index contributed by atoms with van der Waals surface area (Å²) in [5, 5.41) is 0. The SMILES string of the molecule is CC[C@H]1O[C@@H](n2ccc(N)nc2=O)[C@H](OC(F)(F)COC)[C@@H]1C. The molecule has 2 N–H and O–H groups in total. The molecule has 7 nitrogen and oxygen atoms in total. The number of alkyl halides is 2. The smallest absolute Gasteiger partial charge is 0.379 e. The third kappa shape index (κ3) is 3.85. The second kappa shape index (κ2) is 6.90. The molecule has 0 aliphatic carbocycles. The van der Waals surface area contributed by atoms with Crippen molar-refractivity contribution in [3.05, 3.63) is 22.7 Å². The van der Waals surface area contributed by atoms with Gasteiger partial charge in [-0.05, 0) is 12.5 Å². The summed E-state index contributed by atoms with van der Waals surface area (Å²) in [4.78, 5) is 15.6. The normalized spacial score (nSPS) is 28.2. The summed E-state index contributed by atoms with van der Waals surface area (Å²) in [6.45, 7) is 2.74. The second-order valence-electron chi connectivity index (χ2n) is 5.53. The molecule has 1 aliphatic heterocycles. The van der Waals surface area contributed by atoms with Crippen LogP contribution in [-0.4, -0.2) is 41.6 Å². The molecule has 2 rings (SSSR count). The van der Waals surface area contributed by atoms with Crippen LogP contribution in [0.2, 0.25) is 0 Å². The quantitative estimate of drug-likeness (QED) is 0.846. The number of halogens is 2. The number of aromatic nitrogens is 2. The fourth-order valence-corrected chi connectivity index (χ4v) is 2.73. The van der Waals surface area contributed by atoms with Gasteiger partial charge in [-0.25, -0.2) is 4.79 Å². The molecular weight excluding hydrogens is 312 g/mol. The monoisotopic (exact) mass is 333 g/mol. The minimum absolute atomic E-state index is 0.0477. The lowest BCUT2D eigenvalue weighted by Crippen LogP contribution is -2.40. The van der Waals surface area contributed by atoms with E-state index in [2.05, 4.69) is 9.72 Å². The van der Waals surface area contributed by atoms with E-state index in [1.807, 2.05) is 6.92 Å². The zero-order chi connectivity index (χ0) is 17.2. The molecular formula is C14H21F2N3O4. The number of nitrogens with two attached hydrogens (primary N) is 1. The lowest BCUT2D eigenvalue weighted by molar-refractivity contribution is -0.296. The van der Waals surface area contributed by atoms with Crippen LogP contribution in [0.25, 0.3) is 0 Å². The predicted octanol–water partition coefficient (Wildman–Crippen LogP) is 1.39. The van der Waals surface area contributed by atoms with E-state index in [1.165, 1.54) is 12.3 Å². The number of hydrogen-bond acceptors (Lipinski definition) is 6. The lowest BCUT2D eigenvalue weighted by atomic mass is 9.98. The molecule has 1 fully saturated rings. The van der Waals surface area contributed by atoms with Gasteiger partial charge >= 0.3 is 11.8 Å². The van der Waals surface area contributed by atoms with Gasteiger partial charge in [0.15, 0.2) is 6.23 Å². The van der Waals surface area contributed by atoms with Gasteiger partial charge < -0.3 is 19.9 Å². The van der Waals surface area contributed by atoms with Gasteiger partial charge in [-0.15, -0.1) is 0 Å². The minimum Gasteiger partial charge on any atom is -0.383 e. The van der Waals surface area contributed by atoms with Crippen molar-refractivity contribution in [3.63, 3.8) is 0 Å². The highest BCUT2D eigenvalue weighted by molar-refractivity contribution is 5.23. The fraction of sp³-hybridized carbons (Fsp3) is 0.714. The van der Waals surface area contributed by atoms with Gasteiger partial charge in [0.1, 0.15) is 18.5 Å². The van der Waals surface area contributed by atoms with Gasteiger partial charge in [0.25, 0.3) is 0 Å². The zero-order valence-corrected chi connectivity index (χ0v) is 13.2. The van der Waals surface area contributed by atoms with Crippen molar-refractivity contribution in [2.24, 2.45) is 5.92 Å². The molecule has 0 spiro atoms. The van der Waals surface area contributed by atoms with Crippen LogP contribution >= 0.6 is 0 Å². The van der Waals surface area contributed by atoms with Crippen molar-refractivity contribution in [3.8, 4) is 0 Å². The lowest BCUT2D eigenvalue weighted by Gasteiger charge is -2.27. The van der Waals surface area contributed by atoms with E-state index in [4.69, 9.17) is 15.2 Å². The Kier molecular flexibility index (Phi) is 5.33. The first-order chi connectivity index (χ1) is 10.8. The Bertz CT molecular complexity index is 596. The number of nitrogen functional groups attached to an aromatic ring is 1. The third-order valence-corrected chi connectivity index (χ3v) is 3.85. The topological polar surface area (TPSA) is 88.6 Å². The Morgan fingerprint density at radius 1 is 1.52 bits per heavy atom. The van der Waals surface area contributed by atoms with E-state index in [0.29, 0.717) is 6.42 Å². The Labute approximate surface area is 132 Å². The summed E-state index contributed by atoms with van der Waals surface area (Å²) in [6, 6.07) is 1.40. The van der Waals surface area contributed by atoms with Crippen LogP contribution in [0.1, 0.15) is 26.5 Å². The van der Waals surface area contributed by atoms with E-state index in [0.717, 1.165) is 11.7 Å². The van der Waals surface area contributed by atoms with Crippen LogP contribution in [0.15, 0.2) is 17.1 Å². The summed E-state index contributed by atoms with van der Waals surface area (Å²) in [7, 11) is 1.16. The number of methoxy groups -OCH3 is 1. The number of ether oxygens (including phenoxy) is 3. The summed E-state index contributed by atoms with van der Waals surface area (Å²) in [6.07, 6.45) is -3.85. The van der Waals surface area contributed by atoms with Crippen LogP contribution in [0, 0.1) is 5.92 Å². The van der Waals surface area contributed by atoms with E-state index >= 15 is 0 Å². The summed E-state index contributed by atoms with van der Waals surface area (Å²) in [5.41, 5.74) is 4.77. The highest BCUT2D eigenvalue weighted by Crippen LogP contribution is 2.39. The highest BCUT2D eigenvalue weighted by Gasteiger charge is 2.48. The second-order valence-corrected chi connectivity index (χ2v) is 5.53. The Hall–Kier alpha value is -1.58. The maximum Gasteiger partial charge on any atom is 0.379 e. The van der Waals surface area contributed by atoms with Crippen LogP contribution in [0.5, 0.6) is 0 Å². The summed E-state index contributed by atoms with van der Waals surface area (Å²) >= 11 is 0. The molecule has 1 aliphatic rings. The largest absolute Gasteiger partial charge is 0.383 e. The van der Waals surface area contributed by atoms with Crippen LogP contribution in [0.3, 0.4) is 0 Å². The number of rotatable bonds is 6. The van der Waals surface area contributed by atoms with Gasteiger partial charge in [0.05, 0.1) is 6.10 Å². The van der Waals surface area contributed by atoms with Crippen molar-refractivity contribution >= 4 is 5.82 Å². The zero-order valence-electron chi connectivity index (χ0n) is 13.2. The van der Waals surface area contributed by atoms with Crippen molar-refractivity contribution in [2.45, 2.75) is 44.8 Å².